The summed E-state index contributed by atoms with van der Waals surface area (Å²) in [6.45, 7) is 0.0290. The lowest BCUT2D eigenvalue weighted by Gasteiger charge is -2.41. The number of hydrogen-bond donors (Lipinski definition) is 1. The number of rotatable bonds is 5. The quantitative estimate of drug-likeness (QED) is 0.505. The second kappa shape index (κ2) is 9.75. The van der Waals surface area contributed by atoms with E-state index in [1.54, 1.807) is 0 Å². The molecule has 0 fully saturated rings. The summed E-state index contributed by atoms with van der Waals surface area (Å²) in [6.07, 6.45) is -1.85. The van der Waals surface area contributed by atoms with Crippen molar-refractivity contribution < 1.29 is 32.0 Å². The average molecular weight is 535 g/mol. The number of alkyl halides is 3. The lowest BCUT2D eigenvalue weighted by molar-refractivity contribution is -0.137. The molecule has 2 heterocycles. The van der Waals surface area contributed by atoms with E-state index in [1.807, 2.05) is 6.07 Å². The van der Waals surface area contributed by atoms with Crippen LogP contribution in [0.1, 0.15) is 51.6 Å². The van der Waals surface area contributed by atoms with Crippen molar-refractivity contribution in [2.75, 3.05) is 11.9 Å². The molecule has 9 nitrogen and oxygen atoms in total. The molecule has 5 rings (SSSR count). The van der Waals surface area contributed by atoms with Crippen molar-refractivity contribution in [2.45, 2.75) is 31.6 Å². The van der Waals surface area contributed by atoms with Crippen molar-refractivity contribution in [1.29, 1.82) is 5.26 Å². The Labute approximate surface area is 220 Å². The van der Waals surface area contributed by atoms with Gasteiger partial charge in [0.15, 0.2) is 12.2 Å². The van der Waals surface area contributed by atoms with Gasteiger partial charge < -0.3 is 14.6 Å². The number of amides is 3. The Morgan fingerprint density at radius 1 is 1.21 bits per heavy atom. The largest absolute Gasteiger partial charge is 0.451 e. The Balaban J connectivity index is 1.60. The fourth-order valence-corrected chi connectivity index (χ4v) is 4.89. The number of likely N-dealkylation sites (N-methyl/N-ethyl adjacent to an activating group) is 1. The van der Waals surface area contributed by atoms with Gasteiger partial charge in [-0.25, -0.2) is 9.78 Å². The molecular formula is C27H20F3N5O4. The van der Waals surface area contributed by atoms with Gasteiger partial charge in [-0.15, -0.1) is 0 Å². The second-order valence-electron chi connectivity index (χ2n) is 9.04. The van der Waals surface area contributed by atoms with Crippen molar-refractivity contribution in [3.05, 3.63) is 94.3 Å². The molecule has 0 radical (unpaired) electrons. The zero-order valence-corrected chi connectivity index (χ0v) is 20.5. The third kappa shape index (κ3) is 4.63. The first-order valence-electron chi connectivity index (χ1n) is 11.8. The fraction of sp³-hybridized carbons (Fsp3) is 0.222. The summed E-state index contributed by atoms with van der Waals surface area (Å²) in [5.74, 6) is -0.858. The molecule has 2 aliphatic rings. The summed E-state index contributed by atoms with van der Waals surface area (Å²) in [5, 5.41) is 12.1. The lowest BCUT2D eigenvalue weighted by Crippen LogP contribution is -2.48. The number of halogens is 3. The molecule has 1 unspecified atom stereocenters. The average Bonchev–Trinajstić information content (AvgIpc) is 3.58. The van der Waals surface area contributed by atoms with Crippen LogP contribution in [0.5, 0.6) is 0 Å². The van der Waals surface area contributed by atoms with Gasteiger partial charge in [0, 0.05) is 30.3 Å². The number of aromatic nitrogens is 1. The number of urea groups is 1. The number of anilines is 1. The highest BCUT2D eigenvalue weighted by Crippen LogP contribution is 2.45. The summed E-state index contributed by atoms with van der Waals surface area (Å²) in [4.78, 5) is 46.4. The van der Waals surface area contributed by atoms with Gasteiger partial charge in [0.25, 0.3) is 5.91 Å². The van der Waals surface area contributed by atoms with Crippen LogP contribution in [0.2, 0.25) is 0 Å². The number of nitrogens with one attached hydrogen (secondary N) is 1. The summed E-state index contributed by atoms with van der Waals surface area (Å²) < 4.78 is 45.1. The van der Waals surface area contributed by atoms with Crippen molar-refractivity contribution in [3.63, 3.8) is 0 Å². The van der Waals surface area contributed by atoms with E-state index < -0.39 is 29.7 Å². The summed E-state index contributed by atoms with van der Waals surface area (Å²) in [6, 6.07) is 9.01. The van der Waals surface area contributed by atoms with Gasteiger partial charge in [0.1, 0.15) is 6.26 Å². The number of Topliss-reactive ketones (excluding diaryl/α,β-unsaturated/α-hetero) is 1. The van der Waals surface area contributed by atoms with Crippen molar-refractivity contribution in [1.82, 2.24) is 15.2 Å². The van der Waals surface area contributed by atoms with E-state index in [9.17, 15) is 32.8 Å². The molecule has 1 aliphatic heterocycles. The number of carbonyl (C=O) groups excluding carboxylic acids is 3. The SMILES string of the molecule is CN1C(=O)N(c2cccc(C(F)(F)F)c2)C2=C(C(=O)CC2)C1c1ccc(C#N)cc1C(=O)NCc1cocn1. The van der Waals surface area contributed by atoms with E-state index in [4.69, 9.17) is 4.42 Å². The van der Waals surface area contributed by atoms with Crippen LogP contribution in [0.15, 0.2) is 70.8 Å². The van der Waals surface area contributed by atoms with Gasteiger partial charge in [0.05, 0.1) is 41.2 Å². The van der Waals surface area contributed by atoms with Gasteiger partial charge in [-0.05, 0) is 42.3 Å². The predicted molar refractivity (Wildman–Crippen MR) is 130 cm³/mol. The molecule has 0 saturated heterocycles. The highest BCUT2D eigenvalue weighted by atomic mass is 19.4. The zero-order valence-electron chi connectivity index (χ0n) is 20.5. The van der Waals surface area contributed by atoms with Crippen LogP contribution in [-0.4, -0.2) is 34.7 Å². The highest BCUT2D eigenvalue weighted by molar-refractivity contribution is 6.09. The molecular weight excluding hydrogens is 515 g/mol. The van der Waals surface area contributed by atoms with E-state index >= 15 is 0 Å². The number of benzene rings is 2. The highest BCUT2D eigenvalue weighted by Gasteiger charge is 2.45. The standard InChI is InChI=1S/C27H20F3N5O4/c1-34-24(19-6-5-15(11-31)9-20(19)25(37)32-12-17-13-39-14-33-17)23-21(7-8-22(23)36)35(26(34)38)18-4-2-3-16(10-18)27(28,29)30/h2-6,9-10,13-14,24H,7-8,12H2,1H3,(H,32,37). The topological polar surface area (TPSA) is 120 Å². The summed E-state index contributed by atoms with van der Waals surface area (Å²) in [7, 11) is 1.41. The molecule has 1 atom stereocenters. The molecule has 0 saturated carbocycles. The van der Waals surface area contributed by atoms with Crippen molar-refractivity contribution in [2.24, 2.45) is 0 Å². The number of nitriles is 1. The smallest absolute Gasteiger partial charge is 0.416 e. The molecule has 1 aliphatic carbocycles. The van der Waals surface area contributed by atoms with E-state index in [0.29, 0.717) is 11.3 Å². The van der Waals surface area contributed by atoms with Gasteiger partial charge in [0.2, 0.25) is 0 Å². The fourth-order valence-electron chi connectivity index (χ4n) is 4.89. The van der Waals surface area contributed by atoms with Crippen LogP contribution in [0, 0.1) is 11.3 Å². The van der Waals surface area contributed by atoms with Crippen LogP contribution in [0.3, 0.4) is 0 Å². The number of hydrogen-bond acceptors (Lipinski definition) is 6. The minimum atomic E-state index is -4.62. The Hall–Kier alpha value is -4.92. The second-order valence-corrected chi connectivity index (χ2v) is 9.04. The number of oxazole rings is 1. The van der Waals surface area contributed by atoms with E-state index in [0.717, 1.165) is 17.0 Å². The van der Waals surface area contributed by atoms with Gasteiger partial charge in [-0.2, -0.15) is 18.4 Å². The lowest BCUT2D eigenvalue weighted by atomic mass is 9.89. The third-order valence-electron chi connectivity index (χ3n) is 6.69. The molecule has 2 aromatic carbocycles. The first-order chi connectivity index (χ1) is 18.6. The number of nitrogens with zero attached hydrogens (tertiary/aromatic N) is 4. The first kappa shape index (κ1) is 25.7. The van der Waals surface area contributed by atoms with Gasteiger partial charge in [-0.3, -0.25) is 14.5 Å². The molecule has 198 valence electrons. The summed E-state index contributed by atoms with van der Waals surface area (Å²) >= 11 is 0. The van der Waals surface area contributed by atoms with Crippen LogP contribution < -0.4 is 10.2 Å². The summed E-state index contributed by atoms with van der Waals surface area (Å²) in [5.41, 5.74) is 0.562. The predicted octanol–water partition coefficient (Wildman–Crippen LogP) is 4.73. The molecule has 3 aromatic rings. The van der Waals surface area contributed by atoms with E-state index in [-0.39, 0.29) is 53.3 Å². The molecule has 0 bridgehead atoms. The maximum Gasteiger partial charge on any atom is 0.416 e. The molecule has 1 N–H and O–H groups in total. The normalized spacial score (nSPS) is 17.4. The molecule has 1 aromatic heterocycles. The number of carbonyl (C=O) groups is 3. The number of allylic oxidation sites excluding steroid dienone is 1. The van der Waals surface area contributed by atoms with Gasteiger partial charge in [-0.1, -0.05) is 12.1 Å². The zero-order chi connectivity index (χ0) is 27.9. The van der Waals surface area contributed by atoms with E-state index in [1.165, 1.54) is 54.9 Å². The van der Waals surface area contributed by atoms with Crippen molar-refractivity contribution >= 4 is 23.4 Å². The third-order valence-corrected chi connectivity index (χ3v) is 6.69. The Kier molecular flexibility index (Phi) is 6.43. The Morgan fingerprint density at radius 3 is 2.69 bits per heavy atom. The van der Waals surface area contributed by atoms with Crippen molar-refractivity contribution in [3.8, 4) is 6.07 Å². The number of ketones is 1. The molecule has 0 spiro atoms. The van der Waals surface area contributed by atoms with Crippen LogP contribution in [0.25, 0.3) is 0 Å². The minimum Gasteiger partial charge on any atom is -0.451 e. The van der Waals surface area contributed by atoms with Crippen LogP contribution >= 0.6 is 0 Å². The molecule has 12 heteroatoms. The Morgan fingerprint density at radius 2 is 2.00 bits per heavy atom. The monoisotopic (exact) mass is 535 g/mol. The molecule has 39 heavy (non-hydrogen) atoms. The maximum atomic E-state index is 13.7. The minimum absolute atomic E-state index is 0.0206. The van der Waals surface area contributed by atoms with E-state index in [2.05, 4.69) is 10.3 Å². The van der Waals surface area contributed by atoms with Crippen LogP contribution in [-0.2, 0) is 17.5 Å². The maximum absolute atomic E-state index is 13.7. The first-order valence-corrected chi connectivity index (χ1v) is 11.8. The molecule has 3 amide bonds. The van der Waals surface area contributed by atoms with Crippen LogP contribution in [0.4, 0.5) is 23.7 Å². The Bertz CT molecular complexity index is 1560. The van der Waals surface area contributed by atoms with Gasteiger partial charge >= 0.3 is 12.2 Å².